The predicted octanol–water partition coefficient (Wildman–Crippen LogP) is 5.26. The van der Waals surface area contributed by atoms with Crippen LogP contribution in [0.25, 0.3) is 5.57 Å². The molecular weight excluding hydrogens is 472 g/mol. The third-order valence-corrected chi connectivity index (χ3v) is 6.95. The van der Waals surface area contributed by atoms with Crippen LogP contribution >= 0.6 is 0 Å². The van der Waals surface area contributed by atoms with Crippen LogP contribution in [0.3, 0.4) is 0 Å². The van der Waals surface area contributed by atoms with Crippen LogP contribution in [-0.2, 0) is 6.54 Å². The summed E-state index contributed by atoms with van der Waals surface area (Å²) in [7, 11) is 0. The van der Waals surface area contributed by atoms with Gasteiger partial charge in [0.2, 0.25) is 0 Å². The second-order valence-corrected chi connectivity index (χ2v) is 9.80. The van der Waals surface area contributed by atoms with Crippen molar-refractivity contribution in [1.82, 2.24) is 20.4 Å². The molecule has 1 aliphatic heterocycles. The first-order valence-electron chi connectivity index (χ1n) is 11.8. The first-order chi connectivity index (χ1) is 17.1. The Hall–Kier alpha value is -3.46. The average Bonchev–Trinajstić information content (AvgIpc) is 3.22. The zero-order valence-electron chi connectivity index (χ0n) is 19.7. The normalized spacial score (nSPS) is 17.3. The van der Waals surface area contributed by atoms with Crippen molar-refractivity contribution in [2.24, 2.45) is 5.41 Å². The van der Waals surface area contributed by atoms with Crippen LogP contribution in [0, 0.1) is 11.2 Å². The molecule has 9 heteroatoms. The van der Waals surface area contributed by atoms with Gasteiger partial charge in [-0.1, -0.05) is 42.0 Å². The maximum absolute atomic E-state index is 13.6. The molecule has 2 aliphatic rings. The van der Waals surface area contributed by atoms with Crippen LogP contribution in [0.15, 0.2) is 66.5 Å². The van der Waals surface area contributed by atoms with Gasteiger partial charge in [0.25, 0.3) is 5.91 Å². The SMILES string of the molecule is C[C@@H](NC(=O)c1cnn(CC(F)(F)F)c1)c1ccc(C(=C2CC3(CNC3)C2)c2ccc(F)cc2)cc1. The van der Waals surface area contributed by atoms with Gasteiger partial charge in [0.15, 0.2) is 0 Å². The molecular formula is C27H26F4N4O. The topological polar surface area (TPSA) is 59.0 Å². The highest BCUT2D eigenvalue weighted by Gasteiger charge is 2.46. The number of carbonyl (C=O) groups is 1. The standard InChI is InChI=1S/C27H26F4N4O/c1-17(34-25(36)22-12-33-35(13-22)16-27(29,30)31)18-2-4-19(5-3-18)24(20-6-8-23(28)9-7-20)21-10-26(11-21)14-32-15-26/h2-9,12-13,17,32H,10-11,14-16H2,1H3,(H,34,36)/t17-/m1/s1. The number of amides is 1. The number of benzene rings is 2. The highest BCUT2D eigenvalue weighted by molar-refractivity contribution is 5.94. The maximum atomic E-state index is 13.6. The third-order valence-electron chi connectivity index (χ3n) is 6.95. The van der Waals surface area contributed by atoms with E-state index >= 15 is 0 Å². The van der Waals surface area contributed by atoms with Crippen molar-refractivity contribution in [2.45, 2.75) is 38.5 Å². The Labute approximate surface area is 206 Å². The van der Waals surface area contributed by atoms with E-state index in [1.54, 1.807) is 12.1 Å². The number of alkyl halides is 3. The summed E-state index contributed by atoms with van der Waals surface area (Å²) >= 11 is 0. The zero-order valence-corrected chi connectivity index (χ0v) is 19.7. The number of nitrogens with zero attached hydrogens (tertiary/aromatic N) is 2. The number of hydrogen-bond acceptors (Lipinski definition) is 3. The van der Waals surface area contributed by atoms with Crippen LogP contribution in [0.1, 0.15) is 52.9 Å². The number of hydrogen-bond donors (Lipinski definition) is 2. The molecule has 2 heterocycles. The fourth-order valence-electron chi connectivity index (χ4n) is 5.00. The van der Waals surface area contributed by atoms with Gasteiger partial charge in [0.1, 0.15) is 12.4 Å². The first kappa shape index (κ1) is 24.2. The van der Waals surface area contributed by atoms with Gasteiger partial charge in [-0.3, -0.25) is 9.48 Å². The monoisotopic (exact) mass is 498 g/mol. The van der Waals surface area contributed by atoms with Crippen molar-refractivity contribution in [3.63, 3.8) is 0 Å². The minimum absolute atomic E-state index is 0.0652. The third kappa shape index (κ3) is 5.06. The van der Waals surface area contributed by atoms with E-state index in [2.05, 4.69) is 15.7 Å². The van der Waals surface area contributed by atoms with E-state index in [4.69, 9.17) is 0 Å². The van der Waals surface area contributed by atoms with Gasteiger partial charge in [-0.05, 0) is 54.2 Å². The molecule has 1 aliphatic carbocycles. The van der Waals surface area contributed by atoms with Crippen LogP contribution in [-0.4, -0.2) is 35.0 Å². The molecule has 1 atom stereocenters. The van der Waals surface area contributed by atoms with E-state index in [1.807, 2.05) is 31.2 Å². The van der Waals surface area contributed by atoms with E-state index in [0.717, 1.165) is 60.6 Å². The van der Waals surface area contributed by atoms with Crippen LogP contribution in [0.5, 0.6) is 0 Å². The number of rotatable bonds is 6. The summed E-state index contributed by atoms with van der Waals surface area (Å²) in [6, 6.07) is 14.0. The van der Waals surface area contributed by atoms with Crippen LogP contribution in [0.4, 0.5) is 17.6 Å². The Balaban J connectivity index is 1.31. The lowest BCUT2D eigenvalue weighted by molar-refractivity contribution is -0.142. The molecule has 3 aromatic rings. The lowest BCUT2D eigenvalue weighted by Crippen LogP contribution is -2.58. The van der Waals surface area contributed by atoms with Gasteiger partial charge in [0.05, 0.1) is 17.8 Å². The molecule has 2 N–H and O–H groups in total. The smallest absolute Gasteiger partial charge is 0.345 e. The number of halogens is 4. The minimum Gasteiger partial charge on any atom is -0.345 e. The fourth-order valence-corrected chi connectivity index (χ4v) is 5.00. The molecule has 1 aromatic heterocycles. The molecule has 0 radical (unpaired) electrons. The second-order valence-electron chi connectivity index (χ2n) is 9.80. The van der Waals surface area contributed by atoms with Crippen molar-refractivity contribution in [1.29, 1.82) is 0 Å². The first-order valence-corrected chi connectivity index (χ1v) is 11.8. The summed E-state index contributed by atoms with van der Waals surface area (Å²) in [5, 5.41) is 9.78. The molecule has 2 fully saturated rings. The van der Waals surface area contributed by atoms with Crippen molar-refractivity contribution in [3.05, 3.63) is 94.6 Å². The number of aromatic nitrogens is 2. The largest absolute Gasteiger partial charge is 0.408 e. The second kappa shape index (κ2) is 9.20. The van der Waals surface area contributed by atoms with Gasteiger partial charge in [0, 0.05) is 24.7 Å². The summed E-state index contributed by atoms with van der Waals surface area (Å²) < 4.78 is 51.9. The molecule has 188 valence electrons. The molecule has 1 amide bonds. The van der Waals surface area contributed by atoms with E-state index < -0.39 is 18.6 Å². The average molecular weight is 499 g/mol. The van der Waals surface area contributed by atoms with Crippen molar-refractivity contribution in [2.75, 3.05) is 13.1 Å². The molecule has 1 saturated carbocycles. The lowest BCUT2D eigenvalue weighted by Gasteiger charge is -2.52. The van der Waals surface area contributed by atoms with E-state index in [9.17, 15) is 22.4 Å². The summed E-state index contributed by atoms with van der Waals surface area (Å²) in [6.45, 7) is 2.61. The van der Waals surface area contributed by atoms with Crippen LogP contribution in [0.2, 0.25) is 0 Å². The Kier molecular flexibility index (Phi) is 6.20. The summed E-state index contributed by atoms with van der Waals surface area (Å²) in [6.07, 6.45) is -0.165. The lowest BCUT2D eigenvalue weighted by atomic mass is 9.60. The Morgan fingerprint density at radius 2 is 1.67 bits per heavy atom. The van der Waals surface area contributed by atoms with Crippen molar-refractivity contribution < 1.29 is 22.4 Å². The van der Waals surface area contributed by atoms with Gasteiger partial charge in [-0.25, -0.2) is 4.39 Å². The van der Waals surface area contributed by atoms with Gasteiger partial charge >= 0.3 is 6.18 Å². The quantitative estimate of drug-likeness (QED) is 0.456. The van der Waals surface area contributed by atoms with Crippen LogP contribution < -0.4 is 10.6 Å². The maximum Gasteiger partial charge on any atom is 0.408 e. The van der Waals surface area contributed by atoms with E-state index in [-0.39, 0.29) is 17.4 Å². The predicted molar refractivity (Wildman–Crippen MR) is 128 cm³/mol. The number of carbonyl (C=O) groups excluding carboxylic acids is 1. The molecule has 2 aromatic carbocycles. The number of allylic oxidation sites excluding steroid dienone is 1. The van der Waals surface area contributed by atoms with E-state index in [0.29, 0.717) is 10.1 Å². The fraction of sp³-hybridized carbons (Fsp3) is 0.333. The molecule has 5 nitrogen and oxygen atoms in total. The van der Waals surface area contributed by atoms with Gasteiger partial charge in [-0.2, -0.15) is 18.3 Å². The Morgan fingerprint density at radius 1 is 1.06 bits per heavy atom. The van der Waals surface area contributed by atoms with Gasteiger partial charge in [-0.15, -0.1) is 0 Å². The van der Waals surface area contributed by atoms with Crippen molar-refractivity contribution >= 4 is 11.5 Å². The molecule has 5 rings (SSSR count). The molecule has 36 heavy (non-hydrogen) atoms. The summed E-state index contributed by atoms with van der Waals surface area (Å²) in [4.78, 5) is 12.5. The Bertz CT molecular complexity index is 1280. The molecule has 0 bridgehead atoms. The van der Waals surface area contributed by atoms with E-state index in [1.165, 1.54) is 17.7 Å². The summed E-state index contributed by atoms with van der Waals surface area (Å²) in [5.74, 6) is -0.775. The molecule has 1 saturated heterocycles. The molecule has 1 spiro atoms. The highest BCUT2D eigenvalue weighted by Crippen LogP contribution is 2.51. The Morgan fingerprint density at radius 3 is 2.22 bits per heavy atom. The minimum atomic E-state index is -4.41. The highest BCUT2D eigenvalue weighted by atomic mass is 19.4. The molecule has 0 unspecified atom stereocenters. The van der Waals surface area contributed by atoms with Crippen molar-refractivity contribution in [3.8, 4) is 0 Å². The summed E-state index contributed by atoms with van der Waals surface area (Å²) in [5.41, 5.74) is 5.74. The number of nitrogens with one attached hydrogen (secondary N) is 2. The van der Waals surface area contributed by atoms with Gasteiger partial charge < -0.3 is 10.6 Å². The zero-order chi connectivity index (χ0) is 25.5.